The lowest BCUT2D eigenvalue weighted by Crippen LogP contribution is -2.32. The van der Waals surface area contributed by atoms with E-state index in [4.69, 9.17) is 0 Å². The zero-order chi connectivity index (χ0) is 15.5. The third kappa shape index (κ3) is 3.02. The molecule has 1 aliphatic rings. The van der Waals surface area contributed by atoms with Gasteiger partial charge in [-0.1, -0.05) is 12.1 Å². The zero-order valence-corrected chi connectivity index (χ0v) is 13.6. The minimum absolute atomic E-state index is 0.0347. The molecule has 2 aromatic rings. The van der Waals surface area contributed by atoms with Crippen LogP contribution in [0.2, 0.25) is 0 Å². The Hall–Kier alpha value is -1.82. The first-order valence-electron chi connectivity index (χ1n) is 7.56. The van der Waals surface area contributed by atoms with Gasteiger partial charge in [0.15, 0.2) is 0 Å². The molecule has 1 saturated carbocycles. The molecule has 1 fully saturated rings. The maximum Gasteiger partial charge on any atom is 0.253 e. The Bertz CT molecular complexity index is 666. The molecule has 0 saturated heterocycles. The summed E-state index contributed by atoms with van der Waals surface area (Å²) in [5, 5.41) is 7.40. The minimum Gasteiger partial charge on any atom is -0.342 e. The van der Waals surface area contributed by atoms with Gasteiger partial charge < -0.3 is 5.32 Å². The first-order chi connectivity index (χ1) is 10.7. The van der Waals surface area contributed by atoms with Crippen molar-refractivity contribution in [1.82, 2.24) is 20.1 Å². The summed E-state index contributed by atoms with van der Waals surface area (Å²) in [5.41, 5.74) is 0.725. The standard InChI is InChI=1S/C16H20N4OS/c1-3-20-15(17-10-18-20)14(11-8-9-11)19-16(21)12-6-4-5-7-13(12)22-2/h4-7,10-11,14H,3,8-9H2,1-2H3,(H,19,21)/t14-/m0/s1. The van der Waals surface area contributed by atoms with Crippen molar-refractivity contribution in [3.63, 3.8) is 0 Å². The van der Waals surface area contributed by atoms with Gasteiger partial charge in [-0.3, -0.25) is 4.79 Å². The van der Waals surface area contributed by atoms with Gasteiger partial charge in [0.05, 0.1) is 11.6 Å². The summed E-state index contributed by atoms with van der Waals surface area (Å²) in [7, 11) is 0. The van der Waals surface area contributed by atoms with Crippen LogP contribution in [-0.2, 0) is 6.54 Å². The van der Waals surface area contributed by atoms with Gasteiger partial charge in [0, 0.05) is 11.4 Å². The normalized spacial score (nSPS) is 15.5. The SMILES string of the molecule is CCn1ncnc1[C@@H](NC(=O)c1ccccc1SC)C1CC1. The number of aryl methyl sites for hydroxylation is 1. The Kier molecular flexibility index (Phi) is 4.47. The number of hydrogen-bond donors (Lipinski definition) is 1. The summed E-state index contributed by atoms with van der Waals surface area (Å²) < 4.78 is 1.86. The first-order valence-corrected chi connectivity index (χ1v) is 8.78. The first kappa shape index (κ1) is 15.1. The van der Waals surface area contributed by atoms with Gasteiger partial charge in [-0.2, -0.15) is 5.10 Å². The molecule has 6 heteroatoms. The molecule has 0 bridgehead atoms. The number of aromatic nitrogens is 3. The van der Waals surface area contributed by atoms with Gasteiger partial charge >= 0.3 is 0 Å². The van der Waals surface area contributed by atoms with Crippen LogP contribution in [0.25, 0.3) is 0 Å². The molecule has 0 radical (unpaired) electrons. The van der Waals surface area contributed by atoms with E-state index in [0.29, 0.717) is 5.92 Å². The number of benzene rings is 1. The second-order valence-electron chi connectivity index (χ2n) is 5.42. The van der Waals surface area contributed by atoms with E-state index < -0.39 is 0 Å². The number of rotatable bonds is 6. The Morgan fingerprint density at radius 2 is 2.23 bits per heavy atom. The van der Waals surface area contributed by atoms with Crippen LogP contribution in [0.15, 0.2) is 35.5 Å². The highest BCUT2D eigenvalue weighted by atomic mass is 32.2. The molecular formula is C16H20N4OS. The van der Waals surface area contributed by atoms with Crippen LogP contribution >= 0.6 is 11.8 Å². The fourth-order valence-corrected chi connectivity index (χ4v) is 3.23. The number of hydrogen-bond acceptors (Lipinski definition) is 4. The average Bonchev–Trinajstić information content (AvgIpc) is 3.29. The van der Waals surface area contributed by atoms with Crippen molar-refractivity contribution in [2.24, 2.45) is 5.92 Å². The molecule has 1 atom stereocenters. The summed E-state index contributed by atoms with van der Waals surface area (Å²) >= 11 is 1.59. The Balaban J connectivity index is 1.84. The highest BCUT2D eigenvalue weighted by Crippen LogP contribution is 2.40. The second-order valence-corrected chi connectivity index (χ2v) is 6.27. The lowest BCUT2D eigenvalue weighted by atomic mass is 10.1. The fourth-order valence-electron chi connectivity index (χ4n) is 2.63. The van der Waals surface area contributed by atoms with Crippen LogP contribution in [-0.4, -0.2) is 26.9 Å². The Morgan fingerprint density at radius 3 is 2.91 bits per heavy atom. The van der Waals surface area contributed by atoms with Crippen LogP contribution in [0.5, 0.6) is 0 Å². The summed E-state index contributed by atoms with van der Waals surface area (Å²) in [5.74, 6) is 1.30. The van der Waals surface area contributed by atoms with Gasteiger partial charge in [0.2, 0.25) is 0 Å². The third-order valence-corrected chi connectivity index (χ3v) is 4.75. The summed E-state index contributed by atoms with van der Waals surface area (Å²) in [6, 6.07) is 7.64. The summed E-state index contributed by atoms with van der Waals surface area (Å²) in [6.45, 7) is 2.79. The molecule has 116 valence electrons. The summed E-state index contributed by atoms with van der Waals surface area (Å²) in [6.07, 6.45) is 5.81. The van der Waals surface area contributed by atoms with E-state index in [0.717, 1.165) is 35.7 Å². The molecule has 1 aromatic carbocycles. The van der Waals surface area contributed by atoms with Crippen molar-refractivity contribution in [3.05, 3.63) is 42.0 Å². The van der Waals surface area contributed by atoms with Gasteiger partial charge in [0.25, 0.3) is 5.91 Å². The van der Waals surface area contributed by atoms with Gasteiger partial charge in [-0.15, -0.1) is 11.8 Å². The second kappa shape index (κ2) is 6.52. The number of carbonyl (C=O) groups is 1. The zero-order valence-electron chi connectivity index (χ0n) is 12.8. The molecule has 0 spiro atoms. The van der Waals surface area contributed by atoms with Crippen LogP contribution in [0.3, 0.4) is 0 Å². The Labute approximate surface area is 134 Å². The maximum absolute atomic E-state index is 12.7. The predicted octanol–water partition coefficient (Wildman–Crippen LogP) is 2.90. The molecule has 1 aliphatic carbocycles. The van der Waals surface area contributed by atoms with Crippen molar-refractivity contribution in [1.29, 1.82) is 0 Å². The van der Waals surface area contributed by atoms with E-state index in [1.54, 1.807) is 18.1 Å². The smallest absolute Gasteiger partial charge is 0.253 e. The van der Waals surface area contributed by atoms with E-state index in [-0.39, 0.29) is 11.9 Å². The van der Waals surface area contributed by atoms with Crippen LogP contribution < -0.4 is 5.32 Å². The third-order valence-electron chi connectivity index (χ3n) is 3.95. The van der Waals surface area contributed by atoms with Gasteiger partial charge in [-0.25, -0.2) is 9.67 Å². The minimum atomic E-state index is -0.0511. The number of nitrogens with one attached hydrogen (secondary N) is 1. The number of amides is 1. The molecular weight excluding hydrogens is 296 g/mol. The van der Waals surface area contributed by atoms with Crippen LogP contribution in [0.1, 0.15) is 42.0 Å². The van der Waals surface area contributed by atoms with Crippen molar-refractivity contribution in [3.8, 4) is 0 Å². The predicted molar refractivity (Wildman–Crippen MR) is 86.9 cm³/mol. The maximum atomic E-state index is 12.7. The summed E-state index contributed by atoms with van der Waals surface area (Å²) in [4.78, 5) is 18.0. The molecule has 1 amide bonds. The molecule has 22 heavy (non-hydrogen) atoms. The largest absolute Gasteiger partial charge is 0.342 e. The topological polar surface area (TPSA) is 59.8 Å². The van der Waals surface area contributed by atoms with Crippen molar-refractivity contribution in [2.75, 3.05) is 6.26 Å². The number of nitrogens with zero attached hydrogens (tertiary/aromatic N) is 3. The lowest BCUT2D eigenvalue weighted by molar-refractivity contribution is 0.0925. The van der Waals surface area contributed by atoms with Gasteiger partial charge in [0.1, 0.15) is 12.2 Å². The van der Waals surface area contributed by atoms with Crippen molar-refractivity contribution < 1.29 is 4.79 Å². The van der Waals surface area contributed by atoms with Crippen molar-refractivity contribution in [2.45, 2.75) is 37.2 Å². The van der Waals surface area contributed by atoms with E-state index in [1.807, 2.05) is 42.1 Å². The highest BCUT2D eigenvalue weighted by Gasteiger charge is 2.36. The monoisotopic (exact) mass is 316 g/mol. The average molecular weight is 316 g/mol. The molecule has 0 unspecified atom stereocenters. The quantitative estimate of drug-likeness (QED) is 0.833. The van der Waals surface area contributed by atoms with Crippen LogP contribution in [0.4, 0.5) is 0 Å². The van der Waals surface area contributed by atoms with Crippen molar-refractivity contribution >= 4 is 17.7 Å². The molecule has 5 nitrogen and oxygen atoms in total. The van der Waals surface area contributed by atoms with Crippen LogP contribution in [0, 0.1) is 5.92 Å². The van der Waals surface area contributed by atoms with E-state index >= 15 is 0 Å². The highest BCUT2D eigenvalue weighted by molar-refractivity contribution is 7.98. The molecule has 3 rings (SSSR count). The fraction of sp³-hybridized carbons (Fsp3) is 0.438. The molecule has 1 N–H and O–H groups in total. The van der Waals surface area contributed by atoms with E-state index in [2.05, 4.69) is 15.4 Å². The molecule has 0 aliphatic heterocycles. The number of thioether (sulfide) groups is 1. The molecule has 1 heterocycles. The van der Waals surface area contributed by atoms with Gasteiger partial charge in [-0.05, 0) is 44.1 Å². The van der Waals surface area contributed by atoms with E-state index in [1.165, 1.54) is 0 Å². The lowest BCUT2D eigenvalue weighted by Gasteiger charge is -2.19. The van der Waals surface area contributed by atoms with E-state index in [9.17, 15) is 4.79 Å². The number of carbonyl (C=O) groups excluding carboxylic acids is 1. The molecule has 1 aromatic heterocycles. The Morgan fingerprint density at radius 1 is 1.45 bits per heavy atom.